The van der Waals surface area contributed by atoms with Crippen molar-refractivity contribution in [1.82, 2.24) is 4.90 Å². The largest absolute Gasteiger partial charge is 0.385 e. The topological polar surface area (TPSA) is 32.7 Å². The molecule has 1 aliphatic heterocycles. The number of benzene rings is 1. The molecule has 118 valence electrons. The third-order valence-corrected chi connectivity index (χ3v) is 4.52. The maximum Gasteiger partial charge on any atom is 0.0908 e. The molecule has 0 aromatic heterocycles. The molecule has 1 aromatic carbocycles. The number of nitrogens with zero attached hydrogens (tertiary/aromatic N) is 1. The van der Waals surface area contributed by atoms with E-state index in [1.165, 1.54) is 0 Å². The Labute approximate surface area is 132 Å². The van der Waals surface area contributed by atoms with Crippen LogP contribution in [0.4, 0.5) is 0 Å². The fraction of sp³-hybridized carbons (Fsp3) is 0.647. The van der Waals surface area contributed by atoms with Crippen LogP contribution in [0.15, 0.2) is 24.3 Å². The smallest absolute Gasteiger partial charge is 0.0908 e. The summed E-state index contributed by atoms with van der Waals surface area (Å²) in [7, 11) is 0. The van der Waals surface area contributed by atoms with E-state index in [4.69, 9.17) is 16.3 Å². The molecular formula is C17H26ClNO2. The second-order valence-electron chi connectivity index (χ2n) is 5.85. The molecule has 0 radical (unpaired) electrons. The van der Waals surface area contributed by atoms with Crippen molar-refractivity contribution in [1.29, 1.82) is 0 Å². The summed E-state index contributed by atoms with van der Waals surface area (Å²) in [6, 6.07) is 7.64. The molecule has 3 nitrogen and oxygen atoms in total. The summed E-state index contributed by atoms with van der Waals surface area (Å²) in [6.45, 7) is 6.59. The molecule has 2 rings (SSSR count). The van der Waals surface area contributed by atoms with Crippen LogP contribution < -0.4 is 0 Å². The van der Waals surface area contributed by atoms with Gasteiger partial charge in [-0.15, -0.1) is 0 Å². The minimum Gasteiger partial charge on any atom is -0.385 e. The monoisotopic (exact) mass is 311 g/mol. The van der Waals surface area contributed by atoms with Crippen molar-refractivity contribution in [2.24, 2.45) is 0 Å². The summed E-state index contributed by atoms with van der Waals surface area (Å²) in [4.78, 5) is 2.37. The van der Waals surface area contributed by atoms with Gasteiger partial charge in [0.1, 0.15) is 0 Å². The molecule has 1 aliphatic rings. The highest BCUT2D eigenvalue weighted by Crippen LogP contribution is 2.32. The summed E-state index contributed by atoms with van der Waals surface area (Å²) in [5, 5.41) is 11.8. The predicted octanol–water partition coefficient (Wildman–Crippen LogP) is 3.44. The highest BCUT2D eigenvalue weighted by Gasteiger charge is 2.29. The van der Waals surface area contributed by atoms with Gasteiger partial charge in [-0.25, -0.2) is 0 Å². The molecule has 0 spiro atoms. The van der Waals surface area contributed by atoms with Gasteiger partial charge >= 0.3 is 0 Å². The number of aliphatic hydroxyl groups is 1. The summed E-state index contributed by atoms with van der Waals surface area (Å²) in [5.74, 6) is 0. The normalized spacial score (nSPS) is 19.4. The van der Waals surface area contributed by atoms with Gasteiger partial charge in [0.05, 0.1) is 18.8 Å². The van der Waals surface area contributed by atoms with Gasteiger partial charge in [0.2, 0.25) is 0 Å². The number of hydrogen-bond donors (Lipinski definition) is 1. The van der Waals surface area contributed by atoms with Crippen LogP contribution >= 0.6 is 11.6 Å². The highest BCUT2D eigenvalue weighted by atomic mass is 35.5. The Morgan fingerprint density at radius 3 is 2.48 bits per heavy atom. The fourth-order valence-corrected chi connectivity index (χ4v) is 2.94. The van der Waals surface area contributed by atoms with Gasteiger partial charge in [0.15, 0.2) is 0 Å². The van der Waals surface area contributed by atoms with E-state index in [9.17, 15) is 5.11 Å². The standard InChI is InChI=1S/C17H26ClNO2/c1-2-3-8-17(20,15-4-6-16(18)7-5-15)9-10-19-11-13-21-14-12-19/h4-7,20H,2-3,8-14H2,1H3/t17-/m1/s1. The lowest BCUT2D eigenvalue weighted by atomic mass is 9.85. The SMILES string of the molecule is CCCC[C@@](O)(CCN1CCOCC1)c1ccc(Cl)cc1. The van der Waals surface area contributed by atoms with Crippen LogP contribution in [0.3, 0.4) is 0 Å². The molecule has 1 heterocycles. The molecule has 1 atom stereocenters. The summed E-state index contributed by atoms with van der Waals surface area (Å²) in [5.41, 5.74) is 0.229. The van der Waals surface area contributed by atoms with Gasteiger partial charge in [-0.1, -0.05) is 43.5 Å². The maximum absolute atomic E-state index is 11.1. The average molecular weight is 312 g/mol. The van der Waals surface area contributed by atoms with E-state index >= 15 is 0 Å². The third kappa shape index (κ3) is 4.96. The molecule has 0 saturated carbocycles. The Morgan fingerprint density at radius 1 is 1.19 bits per heavy atom. The van der Waals surface area contributed by atoms with Crippen molar-refractivity contribution in [3.05, 3.63) is 34.9 Å². The average Bonchev–Trinajstić information content (AvgIpc) is 2.52. The molecule has 1 aromatic rings. The molecular weight excluding hydrogens is 286 g/mol. The minimum atomic E-state index is -0.751. The lowest BCUT2D eigenvalue weighted by Crippen LogP contribution is -2.40. The van der Waals surface area contributed by atoms with E-state index < -0.39 is 5.60 Å². The fourth-order valence-electron chi connectivity index (χ4n) is 2.81. The van der Waals surface area contributed by atoms with E-state index in [1.54, 1.807) is 0 Å². The van der Waals surface area contributed by atoms with E-state index in [0.717, 1.165) is 64.1 Å². The summed E-state index contributed by atoms with van der Waals surface area (Å²) >= 11 is 5.96. The summed E-state index contributed by atoms with van der Waals surface area (Å²) in [6.07, 6.45) is 3.68. The Bertz CT molecular complexity index is 417. The maximum atomic E-state index is 11.1. The zero-order valence-electron chi connectivity index (χ0n) is 12.9. The van der Waals surface area contributed by atoms with Crippen molar-refractivity contribution in [3.8, 4) is 0 Å². The van der Waals surface area contributed by atoms with Crippen molar-refractivity contribution in [2.75, 3.05) is 32.8 Å². The first-order chi connectivity index (χ1) is 10.1. The van der Waals surface area contributed by atoms with Crippen LogP contribution in [-0.4, -0.2) is 42.9 Å². The number of unbranched alkanes of at least 4 members (excludes halogenated alkanes) is 1. The number of hydrogen-bond acceptors (Lipinski definition) is 3. The minimum absolute atomic E-state index is 0.713. The van der Waals surface area contributed by atoms with Crippen LogP contribution in [0.2, 0.25) is 5.02 Å². The van der Waals surface area contributed by atoms with Gasteiger partial charge in [-0.05, 0) is 30.5 Å². The molecule has 1 saturated heterocycles. The highest BCUT2D eigenvalue weighted by molar-refractivity contribution is 6.30. The van der Waals surface area contributed by atoms with Crippen LogP contribution in [-0.2, 0) is 10.3 Å². The van der Waals surface area contributed by atoms with Gasteiger partial charge in [0.25, 0.3) is 0 Å². The lowest BCUT2D eigenvalue weighted by molar-refractivity contribution is -0.0111. The van der Waals surface area contributed by atoms with E-state index in [-0.39, 0.29) is 0 Å². The summed E-state index contributed by atoms with van der Waals surface area (Å²) < 4.78 is 5.38. The van der Waals surface area contributed by atoms with E-state index in [1.807, 2.05) is 24.3 Å². The number of rotatable bonds is 7. The van der Waals surface area contributed by atoms with Crippen LogP contribution in [0, 0.1) is 0 Å². The second kappa shape index (κ2) is 8.14. The van der Waals surface area contributed by atoms with Crippen molar-refractivity contribution < 1.29 is 9.84 Å². The van der Waals surface area contributed by atoms with Crippen molar-refractivity contribution in [3.63, 3.8) is 0 Å². The second-order valence-corrected chi connectivity index (χ2v) is 6.28. The van der Waals surface area contributed by atoms with Crippen molar-refractivity contribution >= 4 is 11.6 Å². The van der Waals surface area contributed by atoms with Gasteiger partial charge < -0.3 is 9.84 Å². The quantitative estimate of drug-likeness (QED) is 0.837. The molecule has 0 amide bonds. The Balaban J connectivity index is 2.02. The molecule has 0 unspecified atom stereocenters. The van der Waals surface area contributed by atoms with Crippen LogP contribution in [0.25, 0.3) is 0 Å². The Hall–Kier alpha value is -0.610. The molecule has 21 heavy (non-hydrogen) atoms. The number of ether oxygens (including phenoxy) is 1. The van der Waals surface area contributed by atoms with Crippen LogP contribution in [0.5, 0.6) is 0 Å². The van der Waals surface area contributed by atoms with Gasteiger partial charge in [-0.3, -0.25) is 4.90 Å². The Morgan fingerprint density at radius 2 is 1.86 bits per heavy atom. The third-order valence-electron chi connectivity index (χ3n) is 4.27. The predicted molar refractivity (Wildman–Crippen MR) is 86.7 cm³/mol. The van der Waals surface area contributed by atoms with Crippen molar-refractivity contribution in [2.45, 2.75) is 38.2 Å². The number of halogens is 1. The van der Waals surface area contributed by atoms with Crippen LogP contribution in [0.1, 0.15) is 38.2 Å². The molecule has 0 bridgehead atoms. The zero-order valence-corrected chi connectivity index (χ0v) is 13.6. The van der Waals surface area contributed by atoms with E-state index in [0.29, 0.717) is 5.02 Å². The van der Waals surface area contributed by atoms with Gasteiger partial charge in [-0.2, -0.15) is 0 Å². The molecule has 4 heteroatoms. The first-order valence-corrected chi connectivity index (χ1v) is 8.30. The first kappa shape index (κ1) is 16.8. The van der Waals surface area contributed by atoms with Gasteiger partial charge in [0, 0.05) is 24.7 Å². The molecule has 0 aliphatic carbocycles. The zero-order chi connectivity index (χ0) is 15.1. The lowest BCUT2D eigenvalue weighted by Gasteiger charge is -2.33. The number of morpholine rings is 1. The Kier molecular flexibility index (Phi) is 6.49. The first-order valence-electron chi connectivity index (χ1n) is 7.92. The van der Waals surface area contributed by atoms with E-state index in [2.05, 4.69) is 11.8 Å². The molecule has 1 fully saturated rings. The molecule has 1 N–H and O–H groups in total.